The second-order valence-corrected chi connectivity index (χ2v) is 6.91. The Labute approximate surface area is 130 Å². The summed E-state index contributed by atoms with van der Waals surface area (Å²) in [4.78, 5) is 16.8. The highest BCUT2D eigenvalue weighted by Crippen LogP contribution is 2.29. The maximum absolute atomic E-state index is 12.5. The lowest BCUT2D eigenvalue weighted by atomic mass is 10.00. The van der Waals surface area contributed by atoms with Gasteiger partial charge in [-0.25, -0.2) is 0 Å². The summed E-state index contributed by atoms with van der Waals surface area (Å²) in [6.07, 6.45) is 8.46. The summed E-state index contributed by atoms with van der Waals surface area (Å²) in [6, 6.07) is 2.32. The minimum Gasteiger partial charge on any atom is -0.336 e. The van der Waals surface area contributed by atoms with Crippen molar-refractivity contribution in [2.45, 2.75) is 51.0 Å². The third kappa shape index (κ3) is 3.35. The highest BCUT2D eigenvalue weighted by molar-refractivity contribution is 7.14. The van der Waals surface area contributed by atoms with Gasteiger partial charge in [-0.1, -0.05) is 12.8 Å². The van der Waals surface area contributed by atoms with Crippen LogP contribution in [-0.4, -0.2) is 29.9 Å². The molecular weight excluding hydrogens is 292 g/mol. The molecule has 1 aliphatic carbocycles. The SMILES string of the molecule is Cl.N[C@@H]1CCN(C(=O)c2cc3c(s2)CCCCCC3)C1. The molecule has 112 valence electrons. The molecule has 1 aromatic rings. The molecule has 3 nitrogen and oxygen atoms in total. The number of carbonyl (C=O) groups excluding carboxylic acids is 1. The van der Waals surface area contributed by atoms with Gasteiger partial charge in [-0.05, 0) is 43.7 Å². The second-order valence-electron chi connectivity index (χ2n) is 5.77. The summed E-state index contributed by atoms with van der Waals surface area (Å²) < 4.78 is 0. The number of halogens is 1. The Hall–Kier alpha value is -0.580. The second kappa shape index (κ2) is 6.92. The molecule has 20 heavy (non-hydrogen) atoms. The molecule has 1 fully saturated rings. The summed E-state index contributed by atoms with van der Waals surface area (Å²) >= 11 is 1.72. The maximum atomic E-state index is 12.5. The van der Waals surface area contributed by atoms with Crippen LogP contribution in [0, 0.1) is 0 Å². The molecule has 1 aliphatic heterocycles. The molecule has 3 rings (SSSR count). The molecule has 0 bridgehead atoms. The van der Waals surface area contributed by atoms with E-state index in [1.165, 1.54) is 36.1 Å². The Morgan fingerprint density at radius 3 is 2.70 bits per heavy atom. The molecule has 0 aromatic carbocycles. The van der Waals surface area contributed by atoms with Crippen molar-refractivity contribution in [3.05, 3.63) is 21.4 Å². The number of nitrogens with two attached hydrogens (primary N) is 1. The number of aryl methyl sites for hydroxylation is 2. The van der Waals surface area contributed by atoms with Gasteiger partial charge in [0.25, 0.3) is 5.91 Å². The minimum absolute atomic E-state index is 0. The predicted molar refractivity (Wildman–Crippen MR) is 85.9 cm³/mol. The van der Waals surface area contributed by atoms with Crippen molar-refractivity contribution in [3.8, 4) is 0 Å². The fourth-order valence-electron chi connectivity index (χ4n) is 3.08. The average Bonchev–Trinajstić information content (AvgIpc) is 2.95. The topological polar surface area (TPSA) is 46.3 Å². The van der Waals surface area contributed by atoms with E-state index >= 15 is 0 Å². The van der Waals surface area contributed by atoms with Crippen LogP contribution in [0.15, 0.2) is 6.07 Å². The highest BCUT2D eigenvalue weighted by Gasteiger charge is 2.26. The maximum Gasteiger partial charge on any atom is 0.263 e. The first-order valence-corrected chi connectivity index (χ1v) is 8.22. The lowest BCUT2D eigenvalue weighted by Gasteiger charge is -2.14. The van der Waals surface area contributed by atoms with Gasteiger partial charge in [0.1, 0.15) is 0 Å². The summed E-state index contributed by atoms with van der Waals surface area (Å²) in [5.74, 6) is 0.199. The Kier molecular flexibility index (Phi) is 5.47. The van der Waals surface area contributed by atoms with Crippen LogP contribution in [-0.2, 0) is 12.8 Å². The monoisotopic (exact) mass is 314 g/mol. The van der Waals surface area contributed by atoms with Gasteiger partial charge in [-0.3, -0.25) is 4.79 Å². The number of thiophene rings is 1. The molecule has 2 aliphatic rings. The number of amides is 1. The molecule has 1 atom stereocenters. The third-order valence-electron chi connectivity index (χ3n) is 4.22. The molecule has 0 radical (unpaired) electrons. The van der Waals surface area contributed by atoms with E-state index in [4.69, 9.17) is 5.73 Å². The Bertz CT molecular complexity index is 449. The fourth-order valence-corrected chi connectivity index (χ4v) is 4.30. The van der Waals surface area contributed by atoms with Crippen LogP contribution in [0.4, 0.5) is 0 Å². The zero-order chi connectivity index (χ0) is 13.2. The Morgan fingerprint density at radius 1 is 1.25 bits per heavy atom. The molecule has 1 aromatic heterocycles. The van der Waals surface area contributed by atoms with Gasteiger partial charge in [0.05, 0.1) is 4.88 Å². The van der Waals surface area contributed by atoms with E-state index in [9.17, 15) is 4.79 Å². The standard InChI is InChI=1S/C15H22N2OS.ClH/c16-12-7-8-17(10-12)15(18)14-9-11-5-3-1-2-4-6-13(11)19-14;/h9,12H,1-8,10,16H2;1H/t12-;/m1./s1. The average molecular weight is 315 g/mol. The van der Waals surface area contributed by atoms with E-state index in [2.05, 4.69) is 6.07 Å². The van der Waals surface area contributed by atoms with Gasteiger partial charge < -0.3 is 10.6 Å². The molecular formula is C15H23ClN2OS. The first-order chi connectivity index (χ1) is 9.24. The van der Waals surface area contributed by atoms with E-state index in [1.54, 1.807) is 11.3 Å². The number of likely N-dealkylation sites (tertiary alicyclic amines) is 1. The number of rotatable bonds is 1. The Balaban J connectivity index is 0.00000147. The van der Waals surface area contributed by atoms with E-state index < -0.39 is 0 Å². The smallest absolute Gasteiger partial charge is 0.263 e. The molecule has 1 saturated heterocycles. The zero-order valence-corrected chi connectivity index (χ0v) is 13.4. The number of carbonyl (C=O) groups is 1. The van der Waals surface area contributed by atoms with Gasteiger partial charge in [0.2, 0.25) is 0 Å². The first-order valence-electron chi connectivity index (χ1n) is 7.40. The summed E-state index contributed by atoms with van der Waals surface area (Å²) in [6.45, 7) is 1.55. The predicted octanol–water partition coefficient (Wildman–Crippen LogP) is 3.00. The van der Waals surface area contributed by atoms with E-state index in [0.717, 1.165) is 37.2 Å². The van der Waals surface area contributed by atoms with Crippen LogP contribution in [0.2, 0.25) is 0 Å². The van der Waals surface area contributed by atoms with Crippen LogP contribution < -0.4 is 5.73 Å². The van der Waals surface area contributed by atoms with Crippen LogP contribution in [0.3, 0.4) is 0 Å². The van der Waals surface area contributed by atoms with Crippen molar-refractivity contribution in [2.24, 2.45) is 5.73 Å². The van der Waals surface area contributed by atoms with Gasteiger partial charge in [-0.2, -0.15) is 0 Å². The summed E-state index contributed by atoms with van der Waals surface area (Å²) in [5, 5.41) is 0. The lowest BCUT2D eigenvalue weighted by Crippen LogP contribution is -2.31. The van der Waals surface area contributed by atoms with Gasteiger partial charge in [0.15, 0.2) is 0 Å². The highest BCUT2D eigenvalue weighted by atomic mass is 35.5. The van der Waals surface area contributed by atoms with Crippen LogP contribution in [0.1, 0.15) is 52.2 Å². The summed E-state index contributed by atoms with van der Waals surface area (Å²) in [5.41, 5.74) is 7.32. The molecule has 2 heterocycles. The van der Waals surface area contributed by atoms with Gasteiger partial charge in [-0.15, -0.1) is 23.7 Å². The third-order valence-corrected chi connectivity index (χ3v) is 5.44. The molecule has 0 saturated carbocycles. The van der Waals surface area contributed by atoms with Crippen LogP contribution in [0.25, 0.3) is 0 Å². The van der Waals surface area contributed by atoms with Crippen LogP contribution in [0.5, 0.6) is 0 Å². The van der Waals surface area contributed by atoms with Crippen molar-refractivity contribution in [1.29, 1.82) is 0 Å². The molecule has 5 heteroatoms. The minimum atomic E-state index is 0. The van der Waals surface area contributed by atoms with E-state index in [-0.39, 0.29) is 24.4 Å². The van der Waals surface area contributed by atoms with Crippen molar-refractivity contribution in [2.75, 3.05) is 13.1 Å². The molecule has 1 amide bonds. The fraction of sp³-hybridized carbons (Fsp3) is 0.667. The van der Waals surface area contributed by atoms with Crippen molar-refractivity contribution in [1.82, 2.24) is 4.90 Å². The Morgan fingerprint density at radius 2 is 2.00 bits per heavy atom. The quantitative estimate of drug-likeness (QED) is 0.866. The molecule has 0 spiro atoms. The summed E-state index contributed by atoms with van der Waals surface area (Å²) in [7, 11) is 0. The zero-order valence-electron chi connectivity index (χ0n) is 11.8. The van der Waals surface area contributed by atoms with Crippen molar-refractivity contribution in [3.63, 3.8) is 0 Å². The normalized spacial score (nSPS) is 22.6. The molecule has 0 unspecified atom stereocenters. The largest absolute Gasteiger partial charge is 0.336 e. The van der Waals surface area contributed by atoms with Crippen molar-refractivity contribution < 1.29 is 4.79 Å². The first kappa shape index (κ1) is 15.8. The number of nitrogens with zero attached hydrogens (tertiary/aromatic N) is 1. The van der Waals surface area contributed by atoms with Gasteiger partial charge >= 0.3 is 0 Å². The van der Waals surface area contributed by atoms with E-state index in [1.807, 2.05) is 4.90 Å². The van der Waals surface area contributed by atoms with Crippen LogP contribution >= 0.6 is 23.7 Å². The number of hydrogen-bond donors (Lipinski definition) is 1. The van der Waals surface area contributed by atoms with Crippen molar-refractivity contribution >= 4 is 29.7 Å². The van der Waals surface area contributed by atoms with E-state index in [0.29, 0.717) is 0 Å². The lowest BCUT2D eigenvalue weighted by molar-refractivity contribution is 0.0795. The molecule has 2 N–H and O–H groups in total. The number of fused-ring (bicyclic) bond motifs is 1. The number of hydrogen-bond acceptors (Lipinski definition) is 3. The van der Waals surface area contributed by atoms with Gasteiger partial charge in [0, 0.05) is 24.0 Å².